The van der Waals surface area contributed by atoms with E-state index in [1.165, 1.54) is 5.56 Å². The van der Waals surface area contributed by atoms with Crippen molar-refractivity contribution in [3.8, 4) is 22.8 Å². The molecule has 1 aliphatic carbocycles. The largest absolute Gasteiger partial charge is 0.508 e. The van der Waals surface area contributed by atoms with Gasteiger partial charge in [-0.25, -0.2) is 9.97 Å². The summed E-state index contributed by atoms with van der Waals surface area (Å²) in [4.78, 5) is 22.7. The Labute approximate surface area is 204 Å². The highest BCUT2D eigenvalue weighted by atomic mass is 16.5. The maximum absolute atomic E-state index is 12.9. The number of benzene rings is 3. The Morgan fingerprint density at radius 1 is 1.00 bits per heavy atom. The highest BCUT2D eigenvalue weighted by molar-refractivity contribution is 5.94. The summed E-state index contributed by atoms with van der Waals surface area (Å²) >= 11 is 0. The molecule has 0 radical (unpaired) electrons. The van der Waals surface area contributed by atoms with Gasteiger partial charge in [-0.3, -0.25) is 4.79 Å². The SMILES string of the molecule is COc1ccc2c(c1)CCc1nc(NC(=O)Cc3ccc(O)cc3)c(/C=C/c3ccccc3)nc1-2. The van der Waals surface area contributed by atoms with E-state index in [0.29, 0.717) is 11.5 Å². The number of aromatic nitrogens is 2. The van der Waals surface area contributed by atoms with E-state index in [0.717, 1.165) is 46.7 Å². The Morgan fingerprint density at radius 3 is 2.57 bits per heavy atom. The van der Waals surface area contributed by atoms with Crippen molar-refractivity contribution in [1.29, 1.82) is 0 Å². The summed E-state index contributed by atoms with van der Waals surface area (Å²) in [5.41, 5.74) is 6.33. The van der Waals surface area contributed by atoms with E-state index in [2.05, 4.69) is 5.32 Å². The van der Waals surface area contributed by atoms with Crippen LogP contribution in [0.5, 0.6) is 11.5 Å². The molecular formula is C29H25N3O3. The monoisotopic (exact) mass is 463 g/mol. The van der Waals surface area contributed by atoms with Gasteiger partial charge in [0.05, 0.1) is 24.9 Å². The number of rotatable bonds is 6. The molecular weight excluding hydrogens is 438 g/mol. The fourth-order valence-corrected chi connectivity index (χ4v) is 4.18. The molecule has 2 N–H and O–H groups in total. The zero-order valence-corrected chi connectivity index (χ0v) is 19.4. The molecule has 0 fully saturated rings. The first-order valence-corrected chi connectivity index (χ1v) is 11.5. The van der Waals surface area contributed by atoms with Gasteiger partial charge in [0.25, 0.3) is 0 Å². The number of anilines is 1. The second-order valence-electron chi connectivity index (χ2n) is 8.41. The van der Waals surface area contributed by atoms with Crippen molar-refractivity contribution in [2.75, 3.05) is 12.4 Å². The second-order valence-corrected chi connectivity index (χ2v) is 8.41. The van der Waals surface area contributed by atoms with Gasteiger partial charge < -0.3 is 15.2 Å². The predicted molar refractivity (Wildman–Crippen MR) is 137 cm³/mol. The van der Waals surface area contributed by atoms with Crippen molar-refractivity contribution in [2.24, 2.45) is 0 Å². The number of hydrogen-bond acceptors (Lipinski definition) is 5. The molecule has 0 atom stereocenters. The van der Waals surface area contributed by atoms with Crippen LogP contribution in [0.2, 0.25) is 0 Å². The molecule has 5 rings (SSSR count). The van der Waals surface area contributed by atoms with Crippen LogP contribution in [0.25, 0.3) is 23.4 Å². The van der Waals surface area contributed by atoms with Crippen LogP contribution in [0.15, 0.2) is 72.8 Å². The number of amides is 1. The van der Waals surface area contributed by atoms with Crippen molar-refractivity contribution in [2.45, 2.75) is 19.3 Å². The lowest BCUT2D eigenvalue weighted by Crippen LogP contribution is -2.19. The molecule has 0 spiro atoms. The molecule has 1 aromatic heterocycles. The lowest BCUT2D eigenvalue weighted by molar-refractivity contribution is -0.115. The Morgan fingerprint density at radius 2 is 1.80 bits per heavy atom. The zero-order chi connectivity index (χ0) is 24.2. The molecule has 35 heavy (non-hydrogen) atoms. The third-order valence-electron chi connectivity index (χ3n) is 5.99. The maximum Gasteiger partial charge on any atom is 0.230 e. The number of aryl methyl sites for hydroxylation is 2. The fraction of sp³-hybridized carbons (Fsp3) is 0.138. The molecule has 0 saturated carbocycles. The first-order chi connectivity index (χ1) is 17.1. The molecule has 3 aromatic carbocycles. The summed E-state index contributed by atoms with van der Waals surface area (Å²) < 4.78 is 5.39. The molecule has 4 aromatic rings. The van der Waals surface area contributed by atoms with E-state index in [1.807, 2.05) is 60.7 Å². The molecule has 0 aliphatic heterocycles. The van der Waals surface area contributed by atoms with Crippen LogP contribution >= 0.6 is 0 Å². The van der Waals surface area contributed by atoms with Crippen LogP contribution in [0, 0.1) is 0 Å². The van der Waals surface area contributed by atoms with Gasteiger partial charge in [0.1, 0.15) is 17.2 Å². The summed E-state index contributed by atoms with van der Waals surface area (Å²) in [6, 6.07) is 22.5. The fourth-order valence-electron chi connectivity index (χ4n) is 4.18. The van der Waals surface area contributed by atoms with Gasteiger partial charge >= 0.3 is 0 Å². The van der Waals surface area contributed by atoms with Crippen LogP contribution in [-0.2, 0) is 24.1 Å². The Hall–Kier alpha value is -4.45. The maximum atomic E-state index is 12.9. The number of nitrogens with zero attached hydrogens (tertiary/aromatic N) is 2. The number of fused-ring (bicyclic) bond motifs is 3. The highest BCUT2D eigenvalue weighted by Gasteiger charge is 2.22. The second kappa shape index (κ2) is 9.81. The van der Waals surface area contributed by atoms with Crippen molar-refractivity contribution < 1.29 is 14.6 Å². The number of phenolic OH excluding ortho intramolecular Hbond substituents is 1. The number of phenols is 1. The number of aromatic hydroxyl groups is 1. The van der Waals surface area contributed by atoms with E-state index >= 15 is 0 Å². The number of hydrogen-bond donors (Lipinski definition) is 2. The van der Waals surface area contributed by atoms with Gasteiger partial charge in [-0.15, -0.1) is 0 Å². The molecule has 0 saturated heterocycles. The molecule has 1 aliphatic rings. The van der Waals surface area contributed by atoms with Gasteiger partial charge in [-0.2, -0.15) is 0 Å². The van der Waals surface area contributed by atoms with Crippen molar-refractivity contribution in [3.63, 3.8) is 0 Å². The average molecular weight is 464 g/mol. The summed E-state index contributed by atoms with van der Waals surface area (Å²) in [6.45, 7) is 0. The third-order valence-corrected chi connectivity index (χ3v) is 5.99. The summed E-state index contributed by atoms with van der Waals surface area (Å²) in [7, 11) is 1.66. The number of carbonyl (C=O) groups is 1. The summed E-state index contributed by atoms with van der Waals surface area (Å²) in [5, 5.41) is 12.4. The van der Waals surface area contributed by atoms with Gasteiger partial charge in [-0.05, 0) is 65.9 Å². The molecule has 1 heterocycles. The third kappa shape index (κ3) is 5.06. The number of nitrogens with one attached hydrogen (secondary N) is 1. The van der Waals surface area contributed by atoms with E-state index in [-0.39, 0.29) is 18.1 Å². The van der Waals surface area contributed by atoms with Crippen LogP contribution in [0.1, 0.15) is 28.1 Å². The quantitative estimate of drug-likeness (QED) is 0.405. The van der Waals surface area contributed by atoms with Crippen LogP contribution in [-0.4, -0.2) is 28.1 Å². The van der Waals surface area contributed by atoms with Gasteiger partial charge in [-0.1, -0.05) is 48.5 Å². The number of ether oxygens (including phenoxy) is 1. The van der Waals surface area contributed by atoms with Crippen LogP contribution < -0.4 is 10.1 Å². The van der Waals surface area contributed by atoms with E-state index in [4.69, 9.17) is 14.7 Å². The molecule has 0 unspecified atom stereocenters. The Bertz CT molecular complexity index is 1400. The minimum Gasteiger partial charge on any atom is -0.508 e. The molecule has 174 valence electrons. The standard InChI is InChI=1S/C29H25N3O3/c1-35-23-13-14-24-21(18-23)10-16-25-28(24)30-26(15-9-19-5-3-2-4-6-19)29(31-25)32-27(34)17-20-7-11-22(33)12-8-20/h2-9,11-15,18,33H,10,16-17H2,1H3,(H,31,32,34)/b15-9+. The molecule has 0 bridgehead atoms. The normalized spacial score (nSPS) is 12.1. The number of methoxy groups -OCH3 is 1. The van der Waals surface area contributed by atoms with Crippen molar-refractivity contribution in [3.05, 3.63) is 101 Å². The first-order valence-electron chi connectivity index (χ1n) is 11.5. The molecule has 1 amide bonds. The lowest BCUT2D eigenvalue weighted by atomic mass is 9.91. The number of carbonyl (C=O) groups excluding carboxylic acids is 1. The smallest absolute Gasteiger partial charge is 0.230 e. The van der Waals surface area contributed by atoms with Crippen LogP contribution in [0.3, 0.4) is 0 Å². The Kier molecular flexibility index (Phi) is 6.26. The topological polar surface area (TPSA) is 84.3 Å². The van der Waals surface area contributed by atoms with E-state index in [1.54, 1.807) is 31.4 Å². The first kappa shape index (κ1) is 22.3. The predicted octanol–water partition coefficient (Wildman–Crippen LogP) is 5.31. The minimum absolute atomic E-state index is 0.168. The molecule has 6 nitrogen and oxygen atoms in total. The van der Waals surface area contributed by atoms with Gasteiger partial charge in [0.15, 0.2) is 5.82 Å². The van der Waals surface area contributed by atoms with E-state index < -0.39 is 0 Å². The van der Waals surface area contributed by atoms with Crippen molar-refractivity contribution in [1.82, 2.24) is 9.97 Å². The minimum atomic E-state index is -0.194. The zero-order valence-electron chi connectivity index (χ0n) is 19.4. The molecule has 6 heteroatoms. The van der Waals surface area contributed by atoms with E-state index in [9.17, 15) is 9.90 Å². The van der Waals surface area contributed by atoms with Crippen LogP contribution in [0.4, 0.5) is 5.82 Å². The summed E-state index contributed by atoms with van der Waals surface area (Å²) in [5.74, 6) is 1.24. The Balaban J connectivity index is 1.50. The average Bonchev–Trinajstić information content (AvgIpc) is 2.89. The lowest BCUT2D eigenvalue weighted by Gasteiger charge is -2.21. The van der Waals surface area contributed by atoms with Crippen molar-refractivity contribution >= 4 is 23.9 Å². The van der Waals surface area contributed by atoms with Gasteiger partial charge in [0.2, 0.25) is 5.91 Å². The van der Waals surface area contributed by atoms with Gasteiger partial charge in [0, 0.05) is 5.56 Å². The summed E-state index contributed by atoms with van der Waals surface area (Å²) in [6.07, 6.45) is 5.57. The highest BCUT2D eigenvalue weighted by Crippen LogP contribution is 2.35.